The average Bonchev–Trinajstić information content (AvgIpc) is 2.48. The van der Waals surface area contributed by atoms with E-state index in [1.165, 1.54) is 5.56 Å². The van der Waals surface area contributed by atoms with Crippen LogP contribution in [0.25, 0.3) is 0 Å². The number of carbonyl (C=O) groups is 1. The Bertz CT molecular complexity index is 453. The number of halogens is 1. The number of likely N-dealkylation sites (tertiary alicyclic amines) is 1. The molecule has 4 nitrogen and oxygen atoms in total. The molecule has 2 rings (SSSR count). The van der Waals surface area contributed by atoms with Crippen LogP contribution >= 0.6 is 11.6 Å². The van der Waals surface area contributed by atoms with Crippen LogP contribution in [0.2, 0.25) is 5.02 Å². The summed E-state index contributed by atoms with van der Waals surface area (Å²) in [7, 11) is 3.62. The van der Waals surface area contributed by atoms with E-state index in [1.807, 2.05) is 26.2 Å². The Balaban J connectivity index is 1.69. The molecule has 0 aromatic heterocycles. The van der Waals surface area contributed by atoms with Crippen LogP contribution in [-0.2, 0) is 11.3 Å². The Labute approximate surface area is 132 Å². The third-order valence-electron chi connectivity index (χ3n) is 3.95. The molecule has 116 valence electrons. The Morgan fingerprint density at radius 3 is 2.48 bits per heavy atom. The zero-order chi connectivity index (χ0) is 15.2. The molecule has 0 bridgehead atoms. The topological polar surface area (TPSA) is 35.6 Å². The van der Waals surface area contributed by atoms with Crippen molar-refractivity contribution in [2.24, 2.45) is 0 Å². The molecular formula is C16H24ClN3O. The van der Waals surface area contributed by atoms with E-state index in [-0.39, 0.29) is 5.91 Å². The molecule has 5 heteroatoms. The van der Waals surface area contributed by atoms with Crippen LogP contribution in [0.5, 0.6) is 0 Å². The Morgan fingerprint density at radius 1 is 1.29 bits per heavy atom. The average molecular weight is 310 g/mol. The van der Waals surface area contributed by atoms with Crippen LogP contribution in [-0.4, -0.2) is 55.5 Å². The van der Waals surface area contributed by atoms with Gasteiger partial charge in [0.1, 0.15) is 0 Å². The molecule has 0 saturated carbocycles. The summed E-state index contributed by atoms with van der Waals surface area (Å²) in [5, 5.41) is 4.36. The van der Waals surface area contributed by atoms with Crippen LogP contribution in [0.15, 0.2) is 24.3 Å². The summed E-state index contributed by atoms with van der Waals surface area (Å²) in [5.74, 6) is 0.183. The van der Waals surface area contributed by atoms with Crippen molar-refractivity contribution >= 4 is 17.5 Å². The highest BCUT2D eigenvalue weighted by Crippen LogP contribution is 2.13. The number of amides is 1. The lowest BCUT2D eigenvalue weighted by Gasteiger charge is -2.32. The highest BCUT2D eigenvalue weighted by Gasteiger charge is 2.20. The van der Waals surface area contributed by atoms with Crippen LogP contribution in [0.4, 0.5) is 0 Å². The maximum atomic E-state index is 11.7. The van der Waals surface area contributed by atoms with Crippen LogP contribution in [0, 0.1) is 0 Å². The van der Waals surface area contributed by atoms with Crippen molar-refractivity contribution in [3.05, 3.63) is 34.9 Å². The van der Waals surface area contributed by atoms with Gasteiger partial charge in [-0.25, -0.2) is 0 Å². The molecule has 0 unspecified atom stereocenters. The smallest absolute Gasteiger partial charge is 0.236 e. The number of benzene rings is 1. The van der Waals surface area contributed by atoms with Crippen molar-refractivity contribution in [2.45, 2.75) is 25.4 Å². The number of likely N-dealkylation sites (N-methyl/N-ethyl adjacent to an activating group) is 1. The third kappa shape index (κ3) is 5.30. The predicted octanol–water partition coefficient (Wildman–Crippen LogP) is 1.98. The van der Waals surface area contributed by atoms with Crippen LogP contribution in [0.1, 0.15) is 18.4 Å². The van der Waals surface area contributed by atoms with E-state index >= 15 is 0 Å². The molecule has 1 aromatic carbocycles. The van der Waals surface area contributed by atoms with Crippen molar-refractivity contribution in [3.63, 3.8) is 0 Å². The summed E-state index contributed by atoms with van der Waals surface area (Å²) in [6.07, 6.45) is 2.18. The zero-order valence-corrected chi connectivity index (χ0v) is 13.6. The minimum Gasteiger partial charge on any atom is -0.348 e. The summed E-state index contributed by atoms with van der Waals surface area (Å²) in [4.78, 5) is 15.6. The second kappa shape index (κ2) is 7.78. The van der Waals surface area contributed by atoms with Gasteiger partial charge in [0, 0.05) is 44.8 Å². The van der Waals surface area contributed by atoms with E-state index in [9.17, 15) is 4.79 Å². The Morgan fingerprint density at radius 2 is 1.90 bits per heavy atom. The molecule has 1 amide bonds. The van der Waals surface area contributed by atoms with E-state index < -0.39 is 0 Å². The first-order valence-corrected chi connectivity index (χ1v) is 7.82. The van der Waals surface area contributed by atoms with Crippen molar-refractivity contribution in [2.75, 3.05) is 33.7 Å². The first-order valence-electron chi connectivity index (χ1n) is 7.45. The molecule has 0 atom stereocenters. The SMILES string of the molecule is CN(C)C(=O)CN1CCC(NCc2ccc(Cl)cc2)CC1. The molecule has 0 radical (unpaired) electrons. The normalized spacial score (nSPS) is 16.9. The number of nitrogens with one attached hydrogen (secondary N) is 1. The van der Waals surface area contributed by atoms with Gasteiger partial charge < -0.3 is 10.2 Å². The van der Waals surface area contributed by atoms with E-state index in [4.69, 9.17) is 11.6 Å². The van der Waals surface area contributed by atoms with Gasteiger partial charge in [0.2, 0.25) is 5.91 Å². The molecule has 1 aliphatic heterocycles. The van der Waals surface area contributed by atoms with Crippen molar-refractivity contribution in [1.29, 1.82) is 0 Å². The standard InChI is InChI=1S/C16H24ClN3O/c1-19(2)16(21)12-20-9-7-15(8-10-20)18-11-13-3-5-14(17)6-4-13/h3-6,15,18H,7-12H2,1-2H3. The molecule has 21 heavy (non-hydrogen) atoms. The Hall–Kier alpha value is -1.10. The fraction of sp³-hybridized carbons (Fsp3) is 0.562. The molecule has 0 aliphatic carbocycles. The fourth-order valence-corrected chi connectivity index (χ4v) is 2.62. The summed E-state index contributed by atoms with van der Waals surface area (Å²) < 4.78 is 0. The fourth-order valence-electron chi connectivity index (χ4n) is 2.49. The number of hydrogen-bond donors (Lipinski definition) is 1. The van der Waals surface area contributed by atoms with E-state index in [0.717, 1.165) is 37.5 Å². The molecule has 1 aliphatic rings. The summed E-state index contributed by atoms with van der Waals surface area (Å²) in [5.41, 5.74) is 1.25. The molecule has 1 fully saturated rings. The number of nitrogens with zero attached hydrogens (tertiary/aromatic N) is 2. The van der Waals surface area contributed by atoms with Gasteiger partial charge in [0.25, 0.3) is 0 Å². The maximum absolute atomic E-state index is 11.7. The van der Waals surface area contributed by atoms with Crippen molar-refractivity contribution in [1.82, 2.24) is 15.1 Å². The van der Waals surface area contributed by atoms with Crippen molar-refractivity contribution < 1.29 is 4.79 Å². The van der Waals surface area contributed by atoms with Gasteiger partial charge in [-0.3, -0.25) is 9.69 Å². The highest BCUT2D eigenvalue weighted by atomic mass is 35.5. The van der Waals surface area contributed by atoms with E-state index in [0.29, 0.717) is 12.6 Å². The molecule has 1 N–H and O–H groups in total. The monoisotopic (exact) mass is 309 g/mol. The van der Waals surface area contributed by atoms with Gasteiger partial charge in [-0.15, -0.1) is 0 Å². The minimum absolute atomic E-state index is 0.183. The summed E-state index contributed by atoms with van der Waals surface area (Å²) >= 11 is 5.88. The van der Waals surface area contributed by atoms with Crippen LogP contribution < -0.4 is 5.32 Å². The van der Waals surface area contributed by atoms with Gasteiger partial charge in [-0.05, 0) is 30.5 Å². The summed E-state index contributed by atoms with van der Waals surface area (Å²) in [6, 6.07) is 8.49. The lowest BCUT2D eigenvalue weighted by molar-refractivity contribution is -0.130. The van der Waals surface area contributed by atoms with Gasteiger partial charge >= 0.3 is 0 Å². The summed E-state index contributed by atoms with van der Waals surface area (Å²) in [6.45, 7) is 3.38. The molecule has 1 aromatic rings. The van der Waals surface area contributed by atoms with Gasteiger partial charge in [-0.2, -0.15) is 0 Å². The number of hydrogen-bond acceptors (Lipinski definition) is 3. The first kappa shape index (κ1) is 16.3. The van der Waals surface area contributed by atoms with Gasteiger partial charge in [0.15, 0.2) is 0 Å². The minimum atomic E-state index is 0.183. The van der Waals surface area contributed by atoms with Gasteiger partial charge in [0.05, 0.1) is 6.54 Å². The molecule has 1 saturated heterocycles. The second-order valence-electron chi connectivity index (χ2n) is 5.85. The van der Waals surface area contributed by atoms with E-state index in [2.05, 4.69) is 22.3 Å². The van der Waals surface area contributed by atoms with E-state index in [1.54, 1.807) is 4.90 Å². The molecule has 1 heterocycles. The lowest BCUT2D eigenvalue weighted by atomic mass is 10.0. The maximum Gasteiger partial charge on any atom is 0.236 e. The molecular weight excluding hydrogens is 286 g/mol. The number of rotatable bonds is 5. The lowest BCUT2D eigenvalue weighted by Crippen LogP contribution is -2.45. The van der Waals surface area contributed by atoms with Crippen molar-refractivity contribution in [3.8, 4) is 0 Å². The Kier molecular flexibility index (Phi) is 6.03. The third-order valence-corrected chi connectivity index (χ3v) is 4.21. The largest absolute Gasteiger partial charge is 0.348 e. The van der Waals surface area contributed by atoms with Gasteiger partial charge in [-0.1, -0.05) is 23.7 Å². The van der Waals surface area contributed by atoms with Crippen LogP contribution in [0.3, 0.4) is 0 Å². The second-order valence-corrected chi connectivity index (χ2v) is 6.28. The number of piperidine rings is 1. The zero-order valence-electron chi connectivity index (χ0n) is 12.8. The highest BCUT2D eigenvalue weighted by molar-refractivity contribution is 6.30. The molecule has 0 spiro atoms. The predicted molar refractivity (Wildman–Crippen MR) is 86.4 cm³/mol. The first-order chi connectivity index (χ1) is 10.0. The number of carbonyl (C=O) groups excluding carboxylic acids is 1. The quantitative estimate of drug-likeness (QED) is 0.903.